The number of halogens is 1. The highest BCUT2D eigenvalue weighted by Gasteiger charge is 2.22. The lowest BCUT2D eigenvalue weighted by atomic mass is 9.96. The fourth-order valence-electron chi connectivity index (χ4n) is 3.19. The van der Waals surface area contributed by atoms with Gasteiger partial charge in [0.2, 0.25) is 5.91 Å². The molecule has 0 unspecified atom stereocenters. The minimum atomic E-state index is -0.355. The van der Waals surface area contributed by atoms with Crippen LogP contribution in [0.2, 0.25) is 0 Å². The van der Waals surface area contributed by atoms with Gasteiger partial charge < -0.3 is 20.4 Å². The minimum Gasteiger partial charge on any atom is -0.368 e. The van der Waals surface area contributed by atoms with Crippen LogP contribution >= 0.6 is 24.0 Å². The minimum absolute atomic E-state index is 0. The van der Waals surface area contributed by atoms with E-state index in [-0.39, 0.29) is 35.3 Å². The Balaban J connectivity index is 0.00000392. The van der Waals surface area contributed by atoms with Crippen LogP contribution in [0.4, 0.5) is 5.69 Å². The molecule has 1 heterocycles. The zero-order valence-electron chi connectivity index (χ0n) is 18.1. The number of carbonyl (C=O) groups is 1. The number of aryl methyl sites for hydroxylation is 1. The molecular weight excluding hydrogens is 465 g/mol. The highest BCUT2D eigenvalue weighted by atomic mass is 127. The van der Waals surface area contributed by atoms with E-state index in [1.54, 1.807) is 0 Å². The molecule has 0 bridgehead atoms. The summed E-state index contributed by atoms with van der Waals surface area (Å²) < 4.78 is 0. The number of anilines is 1. The predicted molar refractivity (Wildman–Crippen MR) is 129 cm³/mol. The van der Waals surface area contributed by atoms with Gasteiger partial charge in [0.05, 0.1) is 0 Å². The molecule has 1 aliphatic rings. The molecule has 0 saturated carbocycles. The fraction of sp³-hybridized carbons (Fsp3) is 0.619. The number of aliphatic imine (C=N–C) groups is 1. The van der Waals surface area contributed by atoms with Crippen molar-refractivity contribution in [3.8, 4) is 0 Å². The molecule has 0 aromatic heterocycles. The Morgan fingerprint density at radius 1 is 1.07 bits per heavy atom. The largest absolute Gasteiger partial charge is 0.368 e. The molecule has 1 fully saturated rings. The molecule has 1 aromatic rings. The molecule has 158 valence electrons. The first-order valence-electron chi connectivity index (χ1n) is 9.79. The molecule has 1 aliphatic heterocycles. The maximum absolute atomic E-state index is 11.9. The quantitative estimate of drug-likeness (QED) is 0.289. The number of carbonyl (C=O) groups excluding carboxylic acids is 1. The second-order valence-electron chi connectivity index (χ2n) is 8.17. The number of amides is 1. The second-order valence-corrected chi connectivity index (χ2v) is 8.17. The molecule has 2 N–H and O–H groups in total. The van der Waals surface area contributed by atoms with E-state index in [2.05, 4.69) is 57.5 Å². The van der Waals surface area contributed by atoms with Crippen LogP contribution in [-0.4, -0.2) is 63.1 Å². The molecule has 6 nitrogen and oxygen atoms in total. The molecule has 28 heavy (non-hydrogen) atoms. The predicted octanol–water partition coefficient (Wildman–Crippen LogP) is 2.78. The number of nitrogens with zero attached hydrogens (tertiary/aromatic N) is 3. The van der Waals surface area contributed by atoms with Gasteiger partial charge in [0.25, 0.3) is 0 Å². The molecule has 0 spiro atoms. The number of hydrogen-bond donors (Lipinski definition) is 2. The molecular formula is C21H36IN5O. The van der Waals surface area contributed by atoms with Crippen LogP contribution in [0.15, 0.2) is 23.2 Å². The van der Waals surface area contributed by atoms with Gasteiger partial charge in [-0.3, -0.25) is 9.79 Å². The lowest BCUT2D eigenvalue weighted by molar-refractivity contribution is -0.128. The zero-order valence-corrected chi connectivity index (χ0v) is 20.5. The van der Waals surface area contributed by atoms with Gasteiger partial charge in [-0.15, -0.1) is 24.0 Å². The Hall–Kier alpha value is -1.51. The maximum atomic E-state index is 11.9. The van der Waals surface area contributed by atoms with E-state index in [1.807, 2.05) is 27.8 Å². The Kier molecular flexibility index (Phi) is 9.53. The van der Waals surface area contributed by atoms with E-state index < -0.39 is 0 Å². The fourth-order valence-corrected chi connectivity index (χ4v) is 3.19. The highest BCUT2D eigenvalue weighted by Crippen LogP contribution is 2.23. The van der Waals surface area contributed by atoms with E-state index in [9.17, 15) is 4.79 Å². The van der Waals surface area contributed by atoms with Crippen molar-refractivity contribution >= 4 is 41.5 Å². The number of nitrogens with one attached hydrogen (secondary N) is 2. The second kappa shape index (κ2) is 10.9. The van der Waals surface area contributed by atoms with Crippen LogP contribution in [0.5, 0.6) is 0 Å². The SMILES string of the molecule is CN=C(NCCNC(=O)C(C)(C)C)N1CCN(c2cccc(C)c2C)CC1.I. The van der Waals surface area contributed by atoms with Crippen molar-refractivity contribution in [2.45, 2.75) is 34.6 Å². The summed E-state index contributed by atoms with van der Waals surface area (Å²) in [5.41, 5.74) is 3.68. The lowest BCUT2D eigenvalue weighted by Gasteiger charge is -2.38. The molecule has 1 saturated heterocycles. The third-order valence-electron chi connectivity index (χ3n) is 5.08. The van der Waals surface area contributed by atoms with Gasteiger partial charge in [-0.25, -0.2) is 0 Å². The molecule has 0 aliphatic carbocycles. The van der Waals surface area contributed by atoms with Crippen molar-refractivity contribution in [1.29, 1.82) is 0 Å². The first-order chi connectivity index (χ1) is 12.7. The monoisotopic (exact) mass is 501 g/mol. The highest BCUT2D eigenvalue weighted by molar-refractivity contribution is 14.0. The average molecular weight is 501 g/mol. The zero-order chi connectivity index (χ0) is 20.0. The summed E-state index contributed by atoms with van der Waals surface area (Å²) in [6, 6.07) is 6.51. The van der Waals surface area contributed by atoms with Crippen LogP contribution in [0, 0.1) is 19.3 Å². The summed E-state index contributed by atoms with van der Waals surface area (Å²) >= 11 is 0. The summed E-state index contributed by atoms with van der Waals surface area (Å²) in [4.78, 5) is 21.1. The molecule has 0 radical (unpaired) electrons. The van der Waals surface area contributed by atoms with Gasteiger partial charge in [0, 0.05) is 57.4 Å². The van der Waals surface area contributed by atoms with Crippen molar-refractivity contribution in [3.63, 3.8) is 0 Å². The van der Waals surface area contributed by atoms with Crippen LogP contribution in [-0.2, 0) is 4.79 Å². The van der Waals surface area contributed by atoms with Gasteiger partial charge in [-0.2, -0.15) is 0 Å². The van der Waals surface area contributed by atoms with Crippen molar-refractivity contribution in [2.24, 2.45) is 10.4 Å². The van der Waals surface area contributed by atoms with E-state index in [0.717, 1.165) is 32.1 Å². The topological polar surface area (TPSA) is 60.0 Å². The van der Waals surface area contributed by atoms with Crippen LogP contribution < -0.4 is 15.5 Å². The first-order valence-corrected chi connectivity index (χ1v) is 9.79. The number of piperazine rings is 1. The number of hydrogen-bond acceptors (Lipinski definition) is 3. The van der Waals surface area contributed by atoms with Gasteiger partial charge in [-0.05, 0) is 31.0 Å². The van der Waals surface area contributed by atoms with Gasteiger partial charge >= 0.3 is 0 Å². The Bertz CT molecular complexity index is 676. The lowest BCUT2D eigenvalue weighted by Crippen LogP contribution is -2.53. The molecule has 0 atom stereocenters. The summed E-state index contributed by atoms with van der Waals surface area (Å²) in [5, 5.41) is 6.33. The van der Waals surface area contributed by atoms with Crippen LogP contribution in [0.1, 0.15) is 31.9 Å². The smallest absolute Gasteiger partial charge is 0.225 e. The van der Waals surface area contributed by atoms with Crippen LogP contribution in [0.25, 0.3) is 0 Å². The Labute approximate surface area is 187 Å². The molecule has 7 heteroatoms. The first kappa shape index (κ1) is 24.5. The van der Waals surface area contributed by atoms with Crippen molar-refractivity contribution < 1.29 is 4.79 Å². The van der Waals surface area contributed by atoms with Crippen molar-refractivity contribution in [2.75, 3.05) is 51.2 Å². The third kappa shape index (κ3) is 6.53. The summed E-state index contributed by atoms with van der Waals surface area (Å²) in [6.45, 7) is 15.2. The Morgan fingerprint density at radius 2 is 1.68 bits per heavy atom. The number of guanidine groups is 1. The van der Waals surface area contributed by atoms with E-state index in [1.165, 1.54) is 16.8 Å². The average Bonchev–Trinajstić information content (AvgIpc) is 2.63. The molecule has 2 rings (SSSR count). The maximum Gasteiger partial charge on any atom is 0.225 e. The molecule has 1 aromatic carbocycles. The Morgan fingerprint density at radius 3 is 2.25 bits per heavy atom. The summed E-state index contributed by atoms with van der Waals surface area (Å²) in [6.07, 6.45) is 0. The van der Waals surface area contributed by atoms with E-state index in [4.69, 9.17) is 0 Å². The number of benzene rings is 1. The van der Waals surface area contributed by atoms with Gasteiger partial charge in [0.1, 0.15) is 0 Å². The number of rotatable bonds is 4. The van der Waals surface area contributed by atoms with Crippen LogP contribution in [0.3, 0.4) is 0 Å². The normalized spacial score (nSPS) is 15.1. The third-order valence-corrected chi connectivity index (χ3v) is 5.08. The van der Waals surface area contributed by atoms with E-state index >= 15 is 0 Å². The summed E-state index contributed by atoms with van der Waals surface area (Å²) in [7, 11) is 1.81. The molecule has 1 amide bonds. The van der Waals surface area contributed by atoms with Gasteiger partial charge in [-0.1, -0.05) is 32.9 Å². The summed E-state index contributed by atoms with van der Waals surface area (Å²) in [5.74, 6) is 0.974. The van der Waals surface area contributed by atoms with E-state index in [0.29, 0.717) is 13.1 Å². The van der Waals surface area contributed by atoms with Crippen molar-refractivity contribution in [3.05, 3.63) is 29.3 Å². The standard InChI is InChI=1S/C21H35N5O.HI/c1-16-8-7-9-18(17(16)2)25-12-14-26(15-13-25)20(22-6)24-11-10-23-19(27)21(3,4)5;/h7-9H,10-15H2,1-6H3,(H,22,24)(H,23,27);1H. The van der Waals surface area contributed by atoms with Gasteiger partial charge in [0.15, 0.2) is 5.96 Å². The van der Waals surface area contributed by atoms with Crippen molar-refractivity contribution in [1.82, 2.24) is 15.5 Å².